The first-order valence-electron chi connectivity index (χ1n) is 3.35. The minimum Gasteiger partial charge on any atom is -0.394 e. The van der Waals surface area contributed by atoms with Gasteiger partial charge < -0.3 is 9.67 Å². The topological polar surface area (TPSA) is 38.0 Å². The second kappa shape index (κ2) is 2.84. The summed E-state index contributed by atoms with van der Waals surface area (Å²) in [6.07, 6.45) is 3.65. The summed E-state index contributed by atoms with van der Waals surface area (Å²) in [6, 6.07) is 0.140. The molecule has 1 heterocycles. The Kier molecular flexibility index (Phi) is 2.06. The summed E-state index contributed by atoms with van der Waals surface area (Å²) in [6.45, 7) is 4.04. The van der Waals surface area contributed by atoms with Gasteiger partial charge in [-0.05, 0) is 13.8 Å². The molecule has 56 valence electrons. The second-order valence-corrected chi connectivity index (χ2v) is 2.49. The molecule has 0 bridgehead atoms. The van der Waals surface area contributed by atoms with Crippen molar-refractivity contribution in [1.29, 1.82) is 0 Å². The van der Waals surface area contributed by atoms with Gasteiger partial charge in [-0.15, -0.1) is 0 Å². The van der Waals surface area contributed by atoms with E-state index in [1.165, 1.54) is 0 Å². The van der Waals surface area contributed by atoms with Gasteiger partial charge in [0.05, 0.1) is 24.7 Å². The van der Waals surface area contributed by atoms with Crippen LogP contribution in [0.15, 0.2) is 12.5 Å². The third-order valence-corrected chi connectivity index (χ3v) is 1.50. The molecule has 0 saturated heterocycles. The van der Waals surface area contributed by atoms with Crippen molar-refractivity contribution in [1.82, 2.24) is 9.55 Å². The zero-order valence-corrected chi connectivity index (χ0v) is 6.28. The van der Waals surface area contributed by atoms with E-state index in [4.69, 9.17) is 5.11 Å². The van der Waals surface area contributed by atoms with Crippen LogP contribution in [0.25, 0.3) is 0 Å². The highest BCUT2D eigenvalue weighted by atomic mass is 16.3. The molecule has 0 aliphatic carbocycles. The lowest BCUT2D eigenvalue weighted by Crippen LogP contribution is -2.06. The van der Waals surface area contributed by atoms with E-state index >= 15 is 0 Å². The van der Waals surface area contributed by atoms with Crippen molar-refractivity contribution in [2.45, 2.75) is 19.9 Å². The number of aryl methyl sites for hydroxylation is 1. The number of aliphatic hydroxyl groups is 1. The average molecular weight is 140 g/mol. The molecule has 3 heteroatoms. The normalized spacial score (nSPS) is 13.5. The third-order valence-electron chi connectivity index (χ3n) is 1.50. The predicted octanol–water partition coefficient (Wildman–Crippen LogP) is 0.745. The fourth-order valence-corrected chi connectivity index (χ4v) is 0.775. The van der Waals surface area contributed by atoms with Crippen LogP contribution in [0.2, 0.25) is 0 Å². The summed E-state index contributed by atoms with van der Waals surface area (Å²) in [7, 11) is 0. The van der Waals surface area contributed by atoms with E-state index in [0.717, 1.165) is 5.69 Å². The zero-order chi connectivity index (χ0) is 7.56. The van der Waals surface area contributed by atoms with Gasteiger partial charge >= 0.3 is 0 Å². The van der Waals surface area contributed by atoms with Gasteiger partial charge in [0.25, 0.3) is 0 Å². The number of nitrogens with zero attached hydrogens (tertiary/aromatic N) is 2. The van der Waals surface area contributed by atoms with Crippen LogP contribution in [0.4, 0.5) is 0 Å². The van der Waals surface area contributed by atoms with Crippen LogP contribution in [0.3, 0.4) is 0 Å². The molecular formula is C7H12N2O. The molecule has 1 aromatic heterocycles. The highest BCUT2D eigenvalue weighted by Crippen LogP contribution is 2.04. The first-order valence-corrected chi connectivity index (χ1v) is 3.35. The van der Waals surface area contributed by atoms with Crippen LogP contribution in [0, 0.1) is 6.92 Å². The van der Waals surface area contributed by atoms with Gasteiger partial charge in [0.1, 0.15) is 0 Å². The van der Waals surface area contributed by atoms with Gasteiger partial charge in [-0.2, -0.15) is 0 Å². The number of aliphatic hydroxyl groups excluding tert-OH is 1. The smallest absolute Gasteiger partial charge is 0.0952 e. The van der Waals surface area contributed by atoms with Crippen molar-refractivity contribution in [3.05, 3.63) is 18.2 Å². The minimum atomic E-state index is 0.140. The molecule has 0 amide bonds. The molecule has 0 fully saturated rings. The number of imidazole rings is 1. The lowest BCUT2D eigenvalue weighted by Gasteiger charge is -2.07. The van der Waals surface area contributed by atoms with Gasteiger partial charge in [-0.3, -0.25) is 0 Å². The number of hydrogen-bond donors (Lipinski definition) is 1. The van der Waals surface area contributed by atoms with E-state index < -0.39 is 0 Å². The number of rotatable bonds is 2. The summed E-state index contributed by atoms with van der Waals surface area (Å²) in [5, 5.41) is 8.75. The standard InChI is InChI=1S/C7H12N2O/c1-6-3-9(5-8-6)7(2)4-10/h3,5,7,10H,4H2,1-2H3/t7-/m0/s1. The molecule has 0 aliphatic heterocycles. The van der Waals surface area contributed by atoms with E-state index in [1.54, 1.807) is 6.33 Å². The SMILES string of the molecule is Cc1cn([C@@H](C)CO)cn1. The third kappa shape index (κ3) is 1.36. The van der Waals surface area contributed by atoms with Crippen LogP contribution in [-0.4, -0.2) is 21.3 Å². The molecule has 0 spiro atoms. The number of hydrogen-bond acceptors (Lipinski definition) is 2. The van der Waals surface area contributed by atoms with Crippen molar-refractivity contribution < 1.29 is 5.11 Å². The van der Waals surface area contributed by atoms with E-state index in [9.17, 15) is 0 Å². The Bertz CT molecular complexity index is 207. The maximum atomic E-state index is 8.75. The molecule has 0 saturated carbocycles. The maximum absolute atomic E-state index is 8.75. The first-order chi connectivity index (χ1) is 4.74. The molecule has 1 N–H and O–H groups in total. The maximum Gasteiger partial charge on any atom is 0.0952 e. The molecule has 0 aromatic carbocycles. The predicted molar refractivity (Wildman–Crippen MR) is 38.8 cm³/mol. The minimum absolute atomic E-state index is 0.140. The fraction of sp³-hybridized carbons (Fsp3) is 0.571. The molecule has 1 aromatic rings. The van der Waals surface area contributed by atoms with E-state index in [-0.39, 0.29) is 12.6 Å². The second-order valence-electron chi connectivity index (χ2n) is 2.49. The van der Waals surface area contributed by atoms with Crippen LogP contribution in [-0.2, 0) is 0 Å². The lowest BCUT2D eigenvalue weighted by molar-refractivity contribution is 0.238. The van der Waals surface area contributed by atoms with Crippen LogP contribution in [0.5, 0.6) is 0 Å². The number of aromatic nitrogens is 2. The Morgan fingerprint density at radius 2 is 2.50 bits per heavy atom. The highest BCUT2D eigenvalue weighted by molar-refractivity contribution is 4.93. The van der Waals surface area contributed by atoms with Crippen molar-refractivity contribution in [3.63, 3.8) is 0 Å². The molecule has 0 unspecified atom stereocenters. The van der Waals surface area contributed by atoms with Crippen molar-refractivity contribution in [2.75, 3.05) is 6.61 Å². The Hall–Kier alpha value is -0.830. The van der Waals surface area contributed by atoms with Crippen LogP contribution >= 0.6 is 0 Å². The Labute approximate surface area is 60.3 Å². The molecule has 10 heavy (non-hydrogen) atoms. The van der Waals surface area contributed by atoms with Gasteiger partial charge in [0, 0.05) is 6.20 Å². The van der Waals surface area contributed by atoms with Gasteiger partial charge in [0.15, 0.2) is 0 Å². The van der Waals surface area contributed by atoms with Crippen molar-refractivity contribution in [2.24, 2.45) is 0 Å². The fourth-order valence-electron chi connectivity index (χ4n) is 0.775. The monoisotopic (exact) mass is 140 g/mol. The summed E-state index contributed by atoms with van der Waals surface area (Å²) in [5.41, 5.74) is 0.986. The van der Waals surface area contributed by atoms with E-state index in [1.807, 2.05) is 24.6 Å². The molecular weight excluding hydrogens is 128 g/mol. The summed E-state index contributed by atoms with van der Waals surface area (Å²) in [5.74, 6) is 0. The van der Waals surface area contributed by atoms with Crippen molar-refractivity contribution >= 4 is 0 Å². The van der Waals surface area contributed by atoms with Gasteiger partial charge in [0.2, 0.25) is 0 Å². The molecule has 0 radical (unpaired) electrons. The zero-order valence-electron chi connectivity index (χ0n) is 6.28. The van der Waals surface area contributed by atoms with Crippen molar-refractivity contribution in [3.8, 4) is 0 Å². The average Bonchev–Trinajstić information content (AvgIpc) is 2.34. The largest absolute Gasteiger partial charge is 0.394 e. The van der Waals surface area contributed by atoms with E-state index in [2.05, 4.69) is 4.98 Å². The highest BCUT2D eigenvalue weighted by Gasteiger charge is 2.00. The summed E-state index contributed by atoms with van der Waals surface area (Å²) < 4.78 is 1.90. The van der Waals surface area contributed by atoms with Gasteiger partial charge in [-0.25, -0.2) is 4.98 Å². The van der Waals surface area contributed by atoms with Gasteiger partial charge in [-0.1, -0.05) is 0 Å². The Morgan fingerprint density at radius 3 is 2.90 bits per heavy atom. The first kappa shape index (κ1) is 7.28. The molecule has 1 rings (SSSR count). The quantitative estimate of drug-likeness (QED) is 0.658. The summed E-state index contributed by atoms with van der Waals surface area (Å²) >= 11 is 0. The molecule has 3 nitrogen and oxygen atoms in total. The molecule has 0 aliphatic rings. The van der Waals surface area contributed by atoms with Crippen LogP contribution in [0.1, 0.15) is 18.7 Å². The van der Waals surface area contributed by atoms with E-state index in [0.29, 0.717) is 0 Å². The Morgan fingerprint density at radius 1 is 1.80 bits per heavy atom. The van der Waals surface area contributed by atoms with Crippen LogP contribution < -0.4 is 0 Å². The molecule has 1 atom stereocenters. The lowest BCUT2D eigenvalue weighted by atomic mass is 10.4. The Balaban J connectivity index is 2.74. The summed E-state index contributed by atoms with van der Waals surface area (Å²) in [4.78, 5) is 4.04.